The van der Waals surface area contributed by atoms with Gasteiger partial charge in [-0.3, -0.25) is 10.1 Å². The first kappa shape index (κ1) is 37.4. The number of benzene rings is 4. The molecule has 1 atom stereocenters. The smallest absolute Gasteiger partial charge is 0.251 e. The van der Waals surface area contributed by atoms with E-state index in [2.05, 4.69) is 41.5 Å². The number of aromatic nitrogens is 3. The van der Waals surface area contributed by atoms with Gasteiger partial charge >= 0.3 is 0 Å². The van der Waals surface area contributed by atoms with Crippen LogP contribution in [0, 0.1) is 0 Å². The van der Waals surface area contributed by atoms with Gasteiger partial charge in [0.25, 0.3) is 5.91 Å². The van der Waals surface area contributed by atoms with Crippen molar-refractivity contribution in [3.05, 3.63) is 126 Å². The van der Waals surface area contributed by atoms with Gasteiger partial charge in [0.2, 0.25) is 17.8 Å². The number of amides is 1. The summed E-state index contributed by atoms with van der Waals surface area (Å²) >= 11 is 0. The lowest BCUT2D eigenvalue weighted by atomic mass is 9.92. The van der Waals surface area contributed by atoms with Crippen LogP contribution in [0.25, 0.3) is 0 Å². The van der Waals surface area contributed by atoms with Crippen LogP contribution in [-0.2, 0) is 19.8 Å². The third-order valence-electron chi connectivity index (χ3n) is 7.90. The molecule has 0 aliphatic rings. The molecule has 0 saturated carbocycles. The van der Waals surface area contributed by atoms with Crippen molar-refractivity contribution in [1.82, 2.24) is 25.6 Å². The summed E-state index contributed by atoms with van der Waals surface area (Å²) in [5.74, 6) is 0.894. The largest absolute Gasteiger partial charge is 0.508 e. The van der Waals surface area contributed by atoms with Crippen LogP contribution in [-0.4, -0.2) is 71.8 Å². The van der Waals surface area contributed by atoms with Crippen LogP contribution in [0.2, 0.25) is 0 Å². The molecule has 0 fully saturated rings. The number of aromatic hydroxyl groups is 1. The summed E-state index contributed by atoms with van der Waals surface area (Å²) in [6, 6.07) is 32.5. The number of nitrogens with one attached hydrogen (secondary N) is 5. The Balaban J connectivity index is 1.13. The number of carbonyl (C=O) groups excluding carboxylic acids is 2. The lowest BCUT2D eigenvalue weighted by Gasteiger charge is -2.30. The molecule has 5 aromatic rings. The Morgan fingerprint density at radius 1 is 0.712 bits per heavy atom. The monoisotopic (exact) mass is 704 g/mol. The quantitative estimate of drug-likeness (QED) is 0.0332. The van der Waals surface area contributed by atoms with Gasteiger partial charge in [0.05, 0.1) is 32.5 Å². The molecule has 1 aromatic heterocycles. The Labute approximate surface area is 303 Å². The van der Waals surface area contributed by atoms with E-state index >= 15 is 0 Å². The van der Waals surface area contributed by atoms with Gasteiger partial charge in [0.15, 0.2) is 0 Å². The van der Waals surface area contributed by atoms with Crippen molar-refractivity contribution in [2.45, 2.75) is 25.4 Å². The molecule has 1 unspecified atom stereocenters. The van der Waals surface area contributed by atoms with Gasteiger partial charge in [-0.2, -0.15) is 15.0 Å². The first-order chi connectivity index (χ1) is 25.3. The average molecular weight is 705 g/mol. The highest BCUT2D eigenvalue weighted by molar-refractivity contribution is 5.94. The number of rotatable bonds is 20. The van der Waals surface area contributed by atoms with Crippen molar-refractivity contribution in [3.8, 4) is 5.75 Å². The molecule has 6 N–H and O–H groups in total. The normalized spacial score (nSPS) is 11.7. The zero-order valence-corrected chi connectivity index (χ0v) is 29.2. The third kappa shape index (κ3) is 11.6. The van der Waals surface area contributed by atoms with E-state index in [1.807, 2.05) is 86.6 Å². The molecule has 0 saturated heterocycles. The number of carbonyl (C=O) groups is 2. The highest BCUT2D eigenvalue weighted by Gasteiger charge is 2.24. The fourth-order valence-corrected chi connectivity index (χ4v) is 5.15. The minimum absolute atomic E-state index is 0.137. The number of nitrogens with zero attached hydrogens (tertiary/aromatic N) is 3. The predicted octanol–water partition coefficient (Wildman–Crippen LogP) is 5.70. The zero-order valence-electron chi connectivity index (χ0n) is 29.2. The second kappa shape index (κ2) is 18.9. The van der Waals surface area contributed by atoms with Crippen LogP contribution in [0.5, 0.6) is 5.75 Å². The fourth-order valence-electron chi connectivity index (χ4n) is 5.15. The molecular weight excluding hydrogens is 660 g/mol. The van der Waals surface area contributed by atoms with Crippen LogP contribution in [0.4, 0.5) is 29.2 Å². The van der Waals surface area contributed by atoms with E-state index in [0.29, 0.717) is 62.4 Å². The standard InChI is InChI=1S/C39H44N8O5/c1-39(2,30-11-7-4-8-12-30)47-34(27-48)28-13-15-31(16-14-28)42-37-44-36(45-38(46-37)43-32-17-19-33(49)20-18-32)41-22-24-52-26-25-51-23-21-40-35(50)29-9-5-3-6-10-29/h3-20,27,34,47,49H,21-26H2,1-2H3,(H,40,50)(H3,41,42,43,44,45,46). The lowest BCUT2D eigenvalue weighted by Crippen LogP contribution is -2.39. The van der Waals surface area contributed by atoms with E-state index in [-0.39, 0.29) is 23.6 Å². The van der Waals surface area contributed by atoms with Crippen molar-refractivity contribution < 1.29 is 24.2 Å². The van der Waals surface area contributed by atoms with Gasteiger partial charge in [-0.1, -0.05) is 60.7 Å². The summed E-state index contributed by atoms with van der Waals surface area (Å²) in [5.41, 5.74) is 3.47. The molecule has 13 heteroatoms. The minimum atomic E-state index is -0.514. The molecular formula is C39H44N8O5. The van der Waals surface area contributed by atoms with Gasteiger partial charge in [-0.15, -0.1) is 0 Å². The zero-order chi connectivity index (χ0) is 36.6. The molecule has 13 nitrogen and oxygen atoms in total. The maximum Gasteiger partial charge on any atom is 0.251 e. The molecule has 1 heterocycles. The maximum absolute atomic E-state index is 12.1. The Kier molecular flexibility index (Phi) is 13.6. The molecule has 52 heavy (non-hydrogen) atoms. The predicted molar refractivity (Wildman–Crippen MR) is 201 cm³/mol. The summed E-state index contributed by atoms with van der Waals surface area (Å²) < 4.78 is 11.2. The topological polar surface area (TPSA) is 172 Å². The third-order valence-corrected chi connectivity index (χ3v) is 7.90. The van der Waals surface area contributed by atoms with Crippen molar-refractivity contribution in [3.63, 3.8) is 0 Å². The van der Waals surface area contributed by atoms with Crippen LogP contribution in [0.3, 0.4) is 0 Å². The number of hydrogen-bond acceptors (Lipinski definition) is 12. The minimum Gasteiger partial charge on any atom is -0.508 e. The van der Waals surface area contributed by atoms with Gasteiger partial charge in [-0.05, 0) is 73.5 Å². The summed E-state index contributed by atoms with van der Waals surface area (Å²) in [4.78, 5) is 37.8. The fraction of sp³-hybridized carbons (Fsp3) is 0.256. The van der Waals surface area contributed by atoms with E-state index in [1.54, 1.807) is 36.4 Å². The van der Waals surface area contributed by atoms with E-state index < -0.39 is 11.6 Å². The second-order valence-corrected chi connectivity index (χ2v) is 12.2. The van der Waals surface area contributed by atoms with Crippen LogP contribution in [0.1, 0.15) is 41.4 Å². The molecule has 0 bridgehead atoms. The number of ether oxygens (including phenoxy) is 2. The maximum atomic E-state index is 12.1. The number of anilines is 5. The van der Waals surface area contributed by atoms with E-state index in [0.717, 1.165) is 17.4 Å². The van der Waals surface area contributed by atoms with Gasteiger partial charge in [-0.25, -0.2) is 0 Å². The highest BCUT2D eigenvalue weighted by atomic mass is 16.5. The molecule has 0 spiro atoms. The van der Waals surface area contributed by atoms with Crippen molar-refractivity contribution in [2.75, 3.05) is 55.5 Å². The Bertz CT molecular complexity index is 1840. The number of phenols is 1. The Morgan fingerprint density at radius 2 is 1.25 bits per heavy atom. The molecule has 4 aromatic carbocycles. The Hall–Kier alpha value is -5.89. The summed E-state index contributed by atoms with van der Waals surface area (Å²) in [5, 5.41) is 25.5. The Morgan fingerprint density at radius 3 is 1.85 bits per heavy atom. The van der Waals surface area contributed by atoms with Crippen molar-refractivity contribution >= 4 is 41.4 Å². The highest BCUT2D eigenvalue weighted by Crippen LogP contribution is 2.26. The van der Waals surface area contributed by atoms with Gasteiger partial charge < -0.3 is 40.6 Å². The molecule has 0 radical (unpaired) electrons. The summed E-state index contributed by atoms with van der Waals surface area (Å²) in [7, 11) is 0. The molecule has 5 rings (SSSR count). The first-order valence-corrected chi connectivity index (χ1v) is 17.0. The van der Waals surface area contributed by atoms with Gasteiger partial charge in [0.1, 0.15) is 12.0 Å². The van der Waals surface area contributed by atoms with E-state index in [4.69, 9.17) is 9.47 Å². The van der Waals surface area contributed by atoms with Crippen molar-refractivity contribution in [2.24, 2.45) is 0 Å². The SMILES string of the molecule is CC(C)(NC(C=O)c1ccc(Nc2nc(NCCOCCOCCNC(=O)c3ccccc3)nc(Nc3ccc(O)cc3)n2)cc1)c1ccccc1. The van der Waals surface area contributed by atoms with Gasteiger partial charge in [0, 0.05) is 35.6 Å². The summed E-state index contributed by atoms with van der Waals surface area (Å²) in [6.07, 6.45) is 0.907. The van der Waals surface area contributed by atoms with Crippen LogP contribution in [0.15, 0.2) is 109 Å². The number of phenolic OH excluding ortho intramolecular Hbond substituents is 1. The number of aldehydes is 1. The molecule has 0 aliphatic heterocycles. The average Bonchev–Trinajstić information content (AvgIpc) is 3.16. The van der Waals surface area contributed by atoms with Crippen molar-refractivity contribution in [1.29, 1.82) is 0 Å². The number of hydrogen-bond donors (Lipinski definition) is 6. The van der Waals surface area contributed by atoms with Crippen LogP contribution < -0.4 is 26.6 Å². The first-order valence-electron chi connectivity index (χ1n) is 17.0. The summed E-state index contributed by atoms with van der Waals surface area (Å²) in [6.45, 7) is 6.43. The lowest BCUT2D eigenvalue weighted by molar-refractivity contribution is -0.110. The molecule has 1 amide bonds. The second-order valence-electron chi connectivity index (χ2n) is 12.2. The van der Waals surface area contributed by atoms with Crippen LogP contribution >= 0.6 is 0 Å². The van der Waals surface area contributed by atoms with E-state index in [1.165, 1.54) is 0 Å². The van der Waals surface area contributed by atoms with E-state index in [9.17, 15) is 14.7 Å². The molecule has 270 valence electrons. The molecule has 0 aliphatic carbocycles.